The number of carbonyl (C=O) groups is 1. The maximum Gasteiger partial charge on any atom is 0.276 e. The van der Waals surface area contributed by atoms with Crippen LogP contribution in [0.4, 0.5) is 8.78 Å². The zero-order chi connectivity index (χ0) is 21.3. The van der Waals surface area contributed by atoms with Crippen LogP contribution in [0.25, 0.3) is 0 Å². The summed E-state index contributed by atoms with van der Waals surface area (Å²) in [6.45, 7) is 2.59. The van der Waals surface area contributed by atoms with Gasteiger partial charge in [-0.25, -0.2) is 8.78 Å². The van der Waals surface area contributed by atoms with Crippen molar-refractivity contribution in [2.45, 2.75) is 38.0 Å². The van der Waals surface area contributed by atoms with Crippen LogP contribution in [-0.2, 0) is 11.3 Å². The van der Waals surface area contributed by atoms with Crippen molar-refractivity contribution >= 4 is 5.91 Å². The molecule has 0 saturated carbocycles. The Bertz CT molecular complexity index is 884. The number of rotatable bonds is 7. The standard InChI is InChI=1S/C21H25F2N3O4/c1-14-18(12-29-17-6-4-3-5-7-17)19(24-30-14)20(27)25-9-16(10-25)26-13-21(22,23)8-15(26)11-28-2/h3-7,15-16H,8-13H2,1-2H3/t15-/m0/s1. The third kappa shape index (κ3) is 4.17. The lowest BCUT2D eigenvalue weighted by Crippen LogP contribution is -2.62. The first-order chi connectivity index (χ1) is 14.4. The summed E-state index contributed by atoms with van der Waals surface area (Å²) >= 11 is 0. The number of likely N-dealkylation sites (tertiary alicyclic amines) is 2. The van der Waals surface area contributed by atoms with Crippen molar-refractivity contribution in [2.24, 2.45) is 0 Å². The van der Waals surface area contributed by atoms with Crippen molar-refractivity contribution in [3.8, 4) is 5.75 Å². The van der Waals surface area contributed by atoms with E-state index in [9.17, 15) is 13.6 Å². The number of methoxy groups -OCH3 is 1. The summed E-state index contributed by atoms with van der Waals surface area (Å²) in [7, 11) is 1.51. The summed E-state index contributed by atoms with van der Waals surface area (Å²) in [6, 6.07) is 8.82. The van der Waals surface area contributed by atoms with E-state index in [0.29, 0.717) is 30.2 Å². The Balaban J connectivity index is 1.38. The molecule has 162 valence electrons. The minimum atomic E-state index is -2.72. The van der Waals surface area contributed by atoms with Gasteiger partial charge in [0, 0.05) is 38.7 Å². The predicted octanol–water partition coefficient (Wildman–Crippen LogP) is 2.74. The fourth-order valence-corrected chi connectivity index (χ4v) is 4.08. The maximum atomic E-state index is 13.9. The minimum Gasteiger partial charge on any atom is -0.489 e. The van der Waals surface area contributed by atoms with E-state index in [4.69, 9.17) is 14.0 Å². The first-order valence-corrected chi connectivity index (χ1v) is 9.93. The van der Waals surface area contributed by atoms with Crippen LogP contribution in [0.15, 0.2) is 34.9 Å². The van der Waals surface area contributed by atoms with E-state index < -0.39 is 5.92 Å². The normalized spacial score (nSPS) is 21.6. The molecule has 7 nitrogen and oxygen atoms in total. The number of nitrogens with zero attached hydrogens (tertiary/aromatic N) is 3. The molecule has 1 atom stereocenters. The van der Waals surface area contributed by atoms with Crippen LogP contribution in [-0.4, -0.2) is 72.2 Å². The van der Waals surface area contributed by atoms with Gasteiger partial charge in [0.2, 0.25) is 0 Å². The number of hydrogen-bond acceptors (Lipinski definition) is 6. The Morgan fingerprint density at radius 1 is 1.30 bits per heavy atom. The molecular weight excluding hydrogens is 396 g/mol. The van der Waals surface area contributed by atoms with Crippen LogP contribution in [0, 0.1) is 6.92 Å². The molecule has 3 heterocycles. The molecule has 0 aliphatic carbocycles. The highest BCUT2D eigenvalue weighted by atomic mass is 19.3. The zero-order valence-electron chi connectivity index (χ0n) is 17.0. The average molecular weight is 421 g/mol. The molecule has 2 saturated heterocycles. The predicted molar refractivity (Wildman–Crippen MR) is 104 cm³/mol. The molecule has 0 bridgehead atoms. The van der Waals surface area contributed by atoms with Gasteiger partial charge in [-0.3, -0.25) is 9.69 Å². The van der Waals surface area contributed by atoms with E-state index >= 15 is 0 Å². The Morgan fingerprint density at radius 3 is 2.73 bits per heavy atom. The van der Waals surface area contributed by atoms with Crippen LogP contribution in [0.5, 0.6) is 5.75 Å². The molecule has 4 rings (SSSR count). The minimum absolute atomic E-state index is 0.112. The van der Waals surface area contributed by atoms with Crippen LogP contribution in [0.2, 0.25) is 0 Å². The molecular formula is C21H25F2N3O4. The van der Waals surface area contributed by atoms with Crippen LogP contribution in [0.1, 0.15) is 28.2 Å². The van der Waals surface area contributed by atoms with Gasteiger partial charge in [-0.15, -0.1) is 0 Å². The third-order valence-corrected chi connectivity index (χ3v) is 5.71. The monoisotopic (exact) mass is 421 g/mol. The molecule has 2 aliphatic rings. The Labute approximate surface area is 173 Å². The van der Waals surface area contributed by atoms with E-state index in [1.54, 1.807) is 16.7 Å². The Hall–Kier alpha value is -2.52. The second kappa shape index (κ2) is 8.31. The number of amides is 1. The van der Waals surface area contributed by atoms with E-state index in [0.717, 1.165) is 0 Å². The summed E-state index contributed by atoms with van der Waals surface area (Å²) in [4.78, 5) is 16.3. The molecule has 30 heavy (non-hydrogen) atoms. The molecule has 0 N–H and O–H groups in total. The van der Waals surface area contributed by atoms with Gasteiger partial charge in [-0.1, -0.05) is 23.4 Å². The summed E-state index contributed by atoms with van der Waals surface area (Å²) in [5.74, 6) is -1.80. The number of hydrogen-bond donors (Lipinski definition) is 0. The topological polar surface area (TPSA) is 68.0 Å². The van der Waals surface area contributed by atoms with Gasteiger partial charge in [0.1, 0.15) is 18.1 Å². The van der Waals surface area contributed by atoms with E-state index in [1.807, 2.05) is 30.3 Å². The largest absolute Gasteiger partial charge is 0.489 e. The smallest absolute Gasteiger partial charge is 0.276 e. The first kappa shape index (κ1) is 20.7. The number of alkyl halides is 2. The van der Waals surface area contributed by atoms with Crippen molar-refractivity contribution in [1.29, 1.82) is 0 Å². The summed E-state index contributed by atoms with van der Waals surface area (Å²) in [5, 5.41) is 3.92. The maximum absolute atomic E-state index is 13.9. The fraction of sp³-hybridized carbons (Fsp3) is 0.524. The molecule has 1 aromatic carbocycles. The molecule has 0 spiro atoms. The number of halogens is 2. The average Bonchev–Trinajstić information content (AvgIpc) is 3.19. The molecule has 1 amide bonds. The number of ether oxygens (including phenoxy) is 2. The lowest BCUT2D eigenvalue weighted by molar-refractivity contribution is -0.0139. The number of benzene rings is 1. The SMILES string of the molecule is COC[C@@H]1CC(F)(F)CN1C1CN(C(=O)c2noc(C)c2COc2ccccc2)C1. The second-order valence-electron chi connectivity index (χ2n) is 7.87. The zero-order valence-corrected chi connectivity index (χ0v) is 17.0. The number of aromatic nitrogens is 1. The van der Waals surface area contributed by atoms with Crippen LogP contribution in [0.3, 0.4) is 0 Å². The molecule has 2 fully saturated rings. The van der Waals surface area contributed by atoms with E-state index in [-0.39, 0.29) is 49.9 Å². The molecule has 0 radical (unpaired) electrons. The van der Waals surface area contributed by atoms with Crippen molar-refractivity contribution < 1.29 is 27.6 Å². The number of carbonyl (C=O) groups excluding carboxylic acids is 1. The van der Waals surface area contributed by atoms with Gasteiger partial charge in [0.05, 0.1) is 18.7 Å². The van der Waals surface area contributed by atoms with Gasteiger partial charge in [0.25, 0.3) is 11.8 Å². The van der Waals surface area contributed by atoms with Gasteiger partial charge in [-0.2, -0.15) is 0 Å². The second-order valence-corrected chi connectivity index (χ2v) is 7.87. The lowest BCUT2D eigenvalue weighted by Gasteiger charge is -2.45. The lowest BCUT2D eigenvalue weighted by atomic mass is 10.0. The number of para-hydroxylation sites is 1. The quantitative estimate of drug-likeness (QED) is 0.685. The summed E-state index contributed by atoms with van der Waals surface area (Å²) < 4.78 is 43.8. The van der Waals surface area contributed by atoms with E-state index in [1.165, 1.54) is 7.11 Å². The molecule has 9 heteroatoms. The van der Waals surface area contributed by atoms with Crippen LogP contribution >= 0.6 is 0 Å². The molecule has 1 aromatic heterocycles. The van der Waals surface area contributed by atoms with Gasteiger partial charge in [0.15, 0.2) is 5.69 Å². The number of aryl methyl sites for hydroxylation is 1. The summed E-state index contributed by atoms with van der Waals surface area (Å²) in [5.41, 5.74) is 0.805. The first-order valence-electron chi connectivity index (χ1n) is 9.93. The highest BCUT2D eigenvalue weighted by Gasteiger charge is 2.50. The molecule has 2 aliphatic heterocycles. The van der Waals surface area contributed by atoms with Crippen LogP contribution < -0.4 is 4.74 Å². The summed E-state index contributed by atoms with van der Waals surface area (Å²) in [6.07, 6.45) is -0.214. The third-order valence-electron chi connectivity index (χ3n) is 5.71. The van der Waals surface area contributed by atoms with Crippen molar-refractivity contribution in [3.05, 3.63) is 47.3 Å². The molecule has 2 aromatic rings. The highest BCUT2D eigenvalue weighted by Crippen LogP contribution is 2.36. The van der Waals surface area contributed by atoms with Crippen molar-refractivity contribution in [3.63, 3.8) is 0 Å². The van der Waals surface area contributed by atoms with Gasteiger partial charge >= 0.3 is 0 Å². The van der Waals surface area contributed by atoms with Gasteiger partial charge in [-0.05, 0) is 19.1 Å². The molecule has 0 unspecified atom stereocenters. The van der Waals surface area contributed by atoms with E-state index in [2.05, 4.69) is 5.16 Å². The fourth-order valence-electron chi connectivity index (χ4n) is 4.08. The van der Waals surface area contributed by atoms with Crippen molar-refractivity contribution in [2.75, 3.05) is 33.4 Å². The highest BCUT2D eigenvalue weighted by molar-refractivity contribution is 5.94. The van der Waals surface area contributed by atoms with Gasteiger partial charge < -0.3 is 18.9 Å². The van der Waals surface area contributed by atoms with Crippen molar-refractivity contribution in [1.82, 2.24) is 15.0 Å². The Morgan fingerprint density at radius 2 is 2.03 bits per heavy atom. The Kier molecular flexibility index (Phi) is 5.75.